The Kier molecular flexibility index (Phi) is 6.94. The molecule has 2 fully saturated rings. The molecule has 3 atom stereocenters. The lowest BCUT2D eigenvalue weighted by atomic mass is 9.97. The second-order valence-corrected chi connectivity index (χ2v) is 8.12. The van der Waals surface area contributed by atoms with Gasteiger partial charge in [-0.25, -0.2) is 0 Å². The van der Waals surface area contributed by atoms with Gasteiger partial charge in [0, 0.05) is 36.8 Å². The van der Waals surface area contributed by atoms with Crippen molar-refractivity contribution in [3.8, 4) is 5.75 Å². The van der Waals surface area contributed by atoms with Crippen molar-refractivity contribution < 1.29 is 14.3 Å². The number of hydrogen-bond donors (Lipinski definition) is 1. The molecule has 0 radical (unpaired) electrons. The Morgan fingerprint density at radius 2 is 1.75 bits per heavy atom. The molecule has 154 valence electrons. The molecule has 2 amide bonds. The summed E-state index contributed by atoms with van der Waals surface area (Å²) in [5.74, 6) is 0.707. The van der Waals surface area contributed by atoms with Crippen LogP contribution in [0.2, 0.25) is 0 Å². The molecule has 1 N–H and O–H groups in total. The van der Waals surface area contributed by atoms with E-state index in [-0.39, 0.29) is 30.5 Å². The molecular formula is C22H33N3O3. The lowest BCUT2D eigenvalue weighted by Crippen LogP contribution is -2.49. The van der Waals surface area contributed by atoms with Gasteiger partial charge in [-0.2, -0.15) is 0 Å². The van der Waals surface area contributed by atoms with Crippen molar-refractivity contribution in [2.24, 2.45) is 0 Å². The first-order valence-electron chi connectivity index (χ1n) is 10.5. The quantitative estimate of drug-likeness (QED) is 0.844. The summed E-state index contributed by atoms with van der Waals surface area (Å²) in [6.07, 6.45) is 5.41. The van der Waals surface area contributed by atoms with Gasteiger partial charge in [0.1, 0.15) is 5.75 Å². The predicted molar refractivity (Wildman–Crippen MR) is 110 cm³/mol. The summed E-state index contributed by atoms with van der Waals surface area (Å²) in [6.45, 7) is 5.79. The number of hydrogen-bond acceptors (Lipinski definition) is 4. The van der Waals surface area contributed by atoms with Crippen LogP contribution in [0.1, 0.15) is 56.3 Å². The van der Waals surface area contributed by atoms with Gasteiger partial charge in [0.05, 0.1) is 0 Å². The van der Waals surface area contributed by atoms with Crippen molar-refractivity contribution in [1.29, 1.82) is 0 Å². The highest BCUT2D eigenvalue weighted by Gasteiger charge is 2.29. The number of ether oxygens (including phenoxy) is 1. The maximum atomic E-state index is 12.7. The van der Waals surface area contributed by atoms with Crippen molar-refractivity contribution in [3.05, 3.63) is 29.8 Å². The van der Waals surface area contributed by atoms with Gasteiger partial charge in [-0.3, -0.25) is 9.59 Å². The lowest BCUT2D eigenvalue weighted by molar-refractivity contribution is -0.139. The van der Waals surface area contributed by atoms with E-state index in [1.807, 2.05) is 16.8 Å². The summed E-state index contributed by atoms with van der Waals surface area (Å²) in [6, 6.07) is 8.04. The average Bonchev–Trinajstić information content (AvgIpc) is 2.72. The van der Waals surface area contributed by atoms with Crippen LogP contribution in [0.5, 0.6) is 5.75 Å². The van der Waals surface area contributed by atoms with E-state index < -0.39 is 0 Å². The van der Waals surface area contributed by atoms with Crippen molar-refractivity contribution >= 4 is 11.8 Å². The maximum Gasteiger partial charge on any atom is 0.260 e. The van der Waals surface area contributed by atoms with Gasteiger partial charge in [0.2, 0.25) is 0 Å². The summed E-state index contributed by atoms with van der Waals surface area (Å²) < 4.78 is 5.71. The minimum absolute atomic E-state index is 0.0336. The van der Waals surface area contributed by atoms with Gasteiger partial charge < -0.3 is 19.9 Å². The highest BCUT2D eigenvalue weighted by atomic mass is 16.5. The zero-order chi connectivity index (χ0) is 20.1. The van der Waals surface area contributed by atoms with Crippen molar-refractivity contribution in [2.45, 2.75) is 64.1 Å². The monoisotopic (exact) mass is 387 g/mol. The van der Waals surface area contributed by atoms with Crippen molar-refractivity contribution in [2.75, 3.05) is 26.7 Å². The molecule has 2 heterocycles. The number of amides is 2. The molecule has 1 aromatic carbocycles. The van der Waals surface area contributed by atoms with Gasteiger partial charge in [0.15, 0.2) is 6.61 Å². The summed E-state index contributed by atoms with van der Waals surface area (Å²) >= 11 is 0. The van der Waals surface area contributed by atoms with Crippen LogP contribution in [-0.2, 0) is 4.79 Å². The molecule has 0 saturated carbocycles. The van der Waals surface area contributed by atoms with Gasteiger partial charge in [-0.1, -0.05) is 0 Å². The molecule has 3 rings (SSSR count). The Balaban J connectivity index is 1.54. The number of likely N-dealkylation sites (tertiary alicyclic amines) is 2. The maximum absolute atomic E-state index is 12.7. The zero-order valence-electron chi connectivity index (χ0n) is 17.3. The fourth-order valence-corrected chi connectivity index (χ4v) is 4.41. The average molecular weight is 388 g/mol. The van der Waals surface area contributed by atoms with E-state index in [4.69, 9.17) is 4.74 Å². The van der Waals surface area contributed by atoms with E-state index in [9.17, 15) is 9.59 Å². The van der Waals surface area contributed by atoms with Crippen LogP contribution in [0.25, 0.3) is 0 Å². The number of nitrogens with zero attached hydrogens (tertiary/aromatic N) is 2. The number of carbonyl (C=O) groups excluding carboxylic acids is 2. The third-order valence-electron chi connectivity index (χ3n) is 6.06. The number of nitrogens with one attached hydrogen (secondary N) is 1. The van der Waals surface area contributed by atoms with E-state index in [1.165, 1.54) is 6.42 Å². The van der Waals surface area contributed by atoms with E-state index >= 15 is 0 Å². The molecule has 0 aliphatic carbocycles. The summed E-state index contributed by atoms with van der Waals surface area (Å²) in [5.41, 5.74) is 0.661. The summed E-state index contributed by atoms with van der Waals surface area (Å²) in [7, 11) is 1.94. The van der Waals surface area contributed by atoms with Crippen molar-refractivity contribution in [1.82, 2.24) is 15.1 Å². The third-order valence-corrected chi connectivity index (χ3v) is 6.06. The van der Waals surface area contributed by atoms with Crippen LogP contribution in [0.4, 0.5) is 0 Å². The summed E-state index contributed by atoms with van der Waals surface area (Å²) in [5, 5.41) is 3.26. The van der Waals surface area contributed by atoms with Gasteiger partial charge in [-0.05, 0) is 77.3 Å². The molecule has 0 bridgehead atoms. The van der Waals surface area contributed by atoms with E-state index in [0.29, 0.717) is 17.4 Å². The Hall–Kier alpha value is -2.08. The largest absolute Gasteiger partial charge is 0.484 e. The summed E-state index contributed by atoms with van der Waals surface area (Å²) in [4.78, 5) is 29.1. The first-order valence-corrected chi connectivity index (χ1v) is 10.5. The van der Waals surface area contributed by atoms with Crippen LogP contribution in [0, 0.1) is 0 Å². The van der Waals surface area contributed by atoms with Crippen LogP contribution in [0.3, 0.4) is 0 Å². The minimum Gasteiger partial charge on any atom is -0.484 e. The Morgan fingerprint density at radius 1 is 1.07 bits per heavy atom. The second kappa shape index (κ2) is 9.41. The minimum atomic E-state index is 0.0336. The van der Waals surface area contributed by atoms with Gasteiger partial charge in [0.25, 0.3) is 11.8 Å². The number of likely N-dealkylation sites (N-methyl/N-ethyl adjacent to an activating group) is 1. The highest BCUT2D eigenvalue weighted by Crippen LogP contribution is 2.23. The molecule has 2 saturated heterocycles. The van der Waals surface area contributed by atoms with Gasteiger partial charge in [-0.15, -0.1) is 0 Å². The first kappa shape index (κ1) is 20.6. The van der Waals surface area contributed by atoms with Crippen LogP contribution in [0.15, 0.2) is 24.3 Å². The Labute approximate surface area is 168 Å². The molecule has 6 heteroatoms. The molecule has 0 aromatic heterocycles. The van der Waals surface area contributed by atoms with Crippen LogP contribution < -0.4 is 10.1 Å². The highest BCUT2D eigenvalue weighted by molar-refractivity contribution is 5.94. The SMILES string of the molecule is CNC1CCCN(C(=O)c2ccc(OCC(=O)N3C(C)CCCC3C)cc2)C1. The number of carbonyl (C=O) groups is 2. The molecule has 28 heavy (non-hydrogen) atoms. The molecule has 0 spiro atoms. The number of rotatable bonds is 5. The fourth-order valence-electron chi connectivity index (χ4n) is 4.41. The van der Waals surface area contributed by atoms with Crippen LogP contribution >= 0.6 is 0 Å². The first-order chi connectivity index (χ1) is 13.5. The third kappa shape index (κ3) is 4.85. The normalized spacial score (nSPS) is 25.5. The zero-order valence-corrected chi connectivity index (χ0v) is 17.3. The molecular weight excluding hydrogens is 354 g/mol. The molecule has 2 aliphatic rings. The number of piperidine rings is 2. The van der Waals surface area contributed by atoms with Crippen LogP contribution in [-0.4, -0.2) is 66.5 Å². The smallest absolute Gasteiger partial charge is 0.260 e. The predicted octanol–water partition coefficient (Wildman–Crippen LogP) is 2.68. The van der Waals surface area contributed by atoms with E-state index in [1.54, 1.807) is 24.3 Å². The molecule has 1 aromatic rings. The van der Waals surface area contributed by atoms with Gasteiger partial charge >= 0.3 is 0 Å². The number of benzene rings is 1. The second-order valence-electron chi connectivity index (χ2n) is 8.12. The topological polar surface area (TPSA) is 61.9 Å². The molecule has 2 aliphatic heterocycles. The van der Waals surface area contributed by atoms with E-state index in [0.717, 1.165) is 38.8 Å². The Morgan fingerprint density at radius 3 is 2.39 bits per heavy atom. The molecule has 6 nitrogen and oxygen atoms in total. The fraction of sp³-hybridized carbons (Fsp3) is 0.636. The molecule has 3 unspecified atom stereocenters. The lowest BCUT2D eigenvalue weighted by Gasteiger charge is -2.38. The Bertz CT molecular complexity index is 666. The van der Waals surface area contributed by atoms with Crippen molar-refractivity contribution in [3.63, 3.8) is 0 Å². The standard InChI is InChI=1S/C22H33N3O3/c1-16-6-4-7-17(2)25(16)21(26)15-28-20-11-9-18(10-12-20)22(27)24-13-5-8-19(14-24)23-3/h9-12,16-17,19,23H,4-8,13-15H2,1-3H3. The van der Waals surface area contributed by atoms with E-state index in [2.05, 4.69) is 19.2 Å².